The van der Waals surface area contributed by atoms with Gasteiger partial charge in [-0.05, 0) is 11.5 Å². The Bertz CT molecular complexity index is 418. The van der Waals surface area contributed by atoms with Crippen LogP contribution in [-0.4, -0.2) is 23.7 Å². The first-order valence-electron chi connectivity index (χ1n) is 6.29. The summed E-state index contributed by atoms with van der Waals surface area (Å²) in [6, 6.07) is 9.17. The second kappa shape index (κ2) is 7.41. The third kappa shape index (κ3) is 5.42. The van der Waals surface area contributed by atoms with E-state index in [1.54, 1.807) is 0 Å². The number of benzene rings is 1. The Morgan fingerprint density at radius 2 is 1.79 bits per heavy atom. The number of urea groups is 1. The van der Waals surface area contributed by atoms with Crippen molar-refractivity contribution in [2.45, 2.75) is 20.4 Å². The molecule has 0 aliphatic heterocycles. The molecular formula is C14H20N2O3. The van der Waals surface area contributed by atoms with E-state index in [-0.39, 0.29) is 18.5 Å². The van der Waals surface area contributed by atoms with Crippen molar-refractivity contribution >= 4 is 12.0 Å². The van der Waals surface area contributed by atoms with Crippen molar-refractivity contribution in [1.29, 1.82) is 0 Å². The fourth-order valence-corrected chi connectivity index (χ4v) is 1.65. The Balaban J connectivity index is 2.33. The number of carboxylic acid groups (broad SMARTS) is 1. The second-order valence-corrected chi connectivity index (χ2v) is 4.74. The summed E-state index contributed by atoms with van der Waals surface area (Å²) in [5.41, 5.74) is 0.997. The van der Waals surface area contributed by atoms with Gasteiger partial charge in [-0.25, -0.2) is 4.79 Å². The van der Waals surface area contributed by atoms with Crippen LogP contribution in [0, 0.1) is 11.8 Å². The molecule has 0 saturated carbocycles. The van der Waals surface area contributed by atoms with Gasteiger partial charge in [0, 0.05) is 13.1 Å². The quantitative estimate of drug-likeness (QED) is 0.733. The van der Waals surface area contributed by atoms with E-state index in [1.807, 2.05) is 44.2 Å². The molecule has 1 rings (SSSR count). The minimum atomic E-state index is -0.890. The number of aliphatic carboxylic acids is 1. The maximum Gasteiger partial charge on any atom is 0.315 e. The average Bonchev–Trinajstić information content (AvgIpc) is 2.37. The molecule has 0 radical (unpaired) electrons. The zero-order valence-electron chi connectivity index (χ0n) is 11.2. The molecule has 0 bridgehead atoms. The number of amides is 2. The van der Waals surface area contributed by atoms with Crippen molar-refractivity contribution in [3.8, 4) is 0 Å². The number of carbonyl (C=O) groups is 2. The van der Waals surface area contributed by atoms with Crippen molar-refractivity contribution in [2.75, 3.05) is 6.54 Å². The number of rotatable bonds is 6. The van der Waals surface area contributed by atoms with Gasteiger partial charge in [0.25, 0.3) is 0 Å². The summed E-state index contributed by atoms with van der Waals surface area (Å²) in [6.45, 7) is 4.20. The van der Waals surface area contributed by atoms with Gasteiger partial charge < -0.3 is 15.7 Å². The predicted molar refractivity (Wildman–Crippen MR) is 72.6 cm³/mol. The van der Waals surface area contributed by atoms with Crippen LogP contribution in [0.2, 0.25) is 0 Å². The van der Waals surface area contributed by atoms with Crippen LogP contribution in [-0.2, 0) is 11.3 Å². The van der Waals surface area contributed by atoms with E-state index < -0.39 is 11.9 Å². The molecule has 1 aromatic carbocycles. The standard InChI is InChI=1S/C14H20N2O3/c1-10(2)12(13(17)18)9-16-14(19)15-8-11-6-4-3-5-7-11/h3-7,10,12H,8-9H2,1-2H3,(H,17,18)(H2,15,16,19). The Morgan fingerprint density at radius 1 is 1.16 bits per heavy atom. The number of hydrogen-bond acceptors (Lipinski definition) is 2. The molecule has 3 N–H and O–H groups in total. The normalized spacial score (nSPS) is 11.9. The molecule has 104 valence electrons. The zero-order valence-corrected chi connectivity index (χ0v) is 11.2. The molecule has 0 aliphatic carbocycles. The number of carbonyl (C=O) groups excluding carboxylic acids is 1. The van der Waals surface area contributed by atoms with Gasteiger partial charge in [-0.3, -0.25) is 4.79 Å². The Morgan fingerprint density at radius 3 is 2.32 bits per heavy atom. The molecule has 0 spiro atoms. The fraction of sp³-hybridized carbons (Fsp3) is 0.429. The minimum absolute atomic E-state index is 0.0214. The number of nitrogens with one attached hydrogen (secondary N) is 2. The van der Waals surface area contributed by atoms with E-state index in [4.69, 9.17) is 5.11 Å². The van der Waals surface area contributed by atoms with Gasteiger partial charge in [-0.15, -0.1) is 0 Å². The topological polar surface area (TPSA) is 78.4 Å². The first kappa shape index (κ1) is 15.0. The van der Waals surface area contributed by atoms with E-state index in [9.17, 15) is 9.59 Å². The van der Waals surface area contributed by atoms with Crippen LogP contribution in [0.15, 0.2) is 30.3 Å². The highest BCUT2D eigenvalue weighted by Gasteiger charge is 2.21. The SMILES string of the molecule is CC(C)C(CNC(=O)NCc1ccccc1)C(=O)O. The van der Waals surface area contributed by atoms with Crippen LogP contribution >= 0.6 is 0 Å². The molecule has 0 heterocycles. The summed E-state index contributed by atoms with van der Waals surface area (Å²) in [5, 5.41) is 14.3. The smallest absolute Gasteiger partial charge is 0.315 e. The number of carboxylic acids is 1. The van der Waals surface area contributed by atoms with E-state index in [0.717, 1.165) is 5.56 Å². The Hall–Kier alpha value is -2.04. The van der Waals surface area contributed by atoms with Gasteiger partial charge in [0.05, 0.1) is 5.92 Å². The highest BCUT2D eigenvalue weighted by Crippen LogP contribution is 2.09. The first-order valence-corrected chi connectivity index (χ1v) is 6.29. The van der Waals surface area contributed by atoms with Crippen molar-refractivity contribution in [1.82, 2.24) is 10.6 Å². The van der Waals surface area contributed by atoms with Crippen LogP contribution in [0.25, 0.3) is 0 Å². The van der Waals surface area contributed by atoms with E-state index in [2.05, 4.69) is 10.6 Å². The van der Waals surface area contributed by atoms with Crippen molar-refractivity contribution in [2.24, 2.45) is 11.8 Å². The van der Waals surface area contributed by atoms with Crippen molar-refractivity contribution in [3.63, 3.8) is 0 Å². The van der Waals surface area contributed by atoms with Crippen LogP contribution in [0.1, 0.15) is 19.4 Å². The van der Waals surface area contributed by atoms with Gasteiger partial charge in [0.2, 0.25) is 0 Å². The molecular weight excluding hydrogens is 244 g/mol. The minimum Gasteiger partial charge on any atom is -0.481 e. The van der Waals surface area contributed by atoms with Crippen LogP contribution < -0.4 is 10.6 Å². The van der Waals surface area contributed by atoms with Gasteiger partial charge >= 0.3 is 12.0 Å². The molecule has 1 atom stereocenters. The zero-order chi connectivity index (χ0) is 14.3. The third-order valence-corrected chi connectivity index (χ3v) is 2.90. The van der Waals surface area contributed by atoms with E-state index in [0.29, 0.717) is 6.54 Å². The molecule has 0 saturated heterocycles. The number of hydrogen-bond donors (Lipinski definition) is 3. The lowest BCUT2D eigenvalue weighted by atomic mass is 9.96. The molecule has 1 aromatic rings. The molecule has 0 aromatic heterocycles. The molecule has 5 heteroatoms. The van der Waals surface area contributed by atoms with Crippen molar-refractivity contribution < 1.29 is 14.7 Å². The van der Waals surface area contributed by atoms with E-state index in [1.165, 1.54) is 0 Å². The average molecular weight is 264 g/mol. The Kier molecular flexibility index (Phi) is 5.85. The van der Waals surface area contributed by atoms with Crippen LogP contribution in [0.4, 0.5) is 4.79 Å². The van der Waals surface area contributed by atoms with Crippen LogP contribution in [0.3, 0.4) is 0 Å². The van der Waals surface area contributed by atoms with Gasteiger partial charge in [-0.2, -0.15) is 0 Å². The maximum absolute atomic E-state index is 11.6. The highest BCUT2D eigenvalue weighted by atomic mass is 16.4. The molecule has 2 amide bonds. The predicted octanol–water partition coefficient (Wildman–Crippen LogP) is 1.84. The second-order valence-electron chi connectivity index (χ2n) is 4.74. The molecule has 19 heavy (non-hydrogen) atoms. The largest absolute Gasteiger partial charge is 0.481 e. The third-order valence-electron chi connectivity index (χ3n) is 2.90. The fourth-order valence-electron chi connectivity index (χ4n) is 1.65. The summed E-state index contributed by atoms with van der Waals surface area (Å²) in [7, 11) is 0. The first-order chi connectivity index (χ1) is 9.00. The van der Waals surface area contributed by atoms with Gasteiger partial charge in [0.1, 0.15) is 0 Å². The lowest BCUT2D eigenvalue weighted by Crippen LogP contribution is -2.40. The van der Waals surface area contributed by atoms with Crippen molar-refractivity contribution in [3.05, 3.63) is 35.9 Å². The molecule has 1 unspecified atom stereocenters. The molecule has 0 aliphatic rings. The van der Waals surface area contributed by atoms with Gasteiger partial charge in [0.15, 0.2) is 0 Å². The summed E-state index contributed by atoms with van der Waals surface area (Å²) in [5.74, 6) is -1.48. The summed E-state index contributed by atoms with van der Waals surface area (Å²) < 4.78 is 0. The molecule has 5 nitrogen and oxygen atoms in total. The molecule has 0 fully saturated rings. The summed E-state index contributed by atoms with van der Waals surface area (Å²) in [4.78, 5) is 22.5. The van der Waals surface area contributed by atoms with Crippen LogP contribution in [0.5, 0.6) is 0 Å². The lowest BCUT2D eigenvalue weighted by Gasteiger charge is -2.17. The summed E-state index contributed by atoms with van der Waals surface area (Å²) in [6.07, 6.45) is 0. The maximum atomic E-state index is 11.6. The van der Waals surface area contributed by atoms with Gasteiger partial charge in [-0.1, -0.05) is 44.2 Å². The van der Waals surface area contributed by atoms with E-state index >= 15 is 0 Å². The highest BCUT2D eigenvalue weighted by molar-refractivity contribution is 5.75. The lowest BCUT2D eigenvalue weighted by molar-refractivity contribution is -0.142. The Labute approximate surface area is 113 Å². The monoisotopic (exact) mass is 264 g/mol. The summed E-state index contributed by atoms with van der Waals surface area (Å²) >= 11 is 0.